The molecule has 1 aliphatic heterocycles. The van der Waals surface area contributed by atoms with Gasteiger partial charge in [0.15, 0.2) is 0 Å². The minimum absolute atomic E-state index is 0.0685. The summed E-state index contributed by atoms with van der Waals surface area (Å²) in [6, 6.07) is 19.5. The van der Waals surface area contributed by atoms with E-state index >= 15 is 0 Å². The number of ketones is 1. The summed E-state index contributed by atoms with van der Waals surface area (Å²) in [5.74, 6) is -3.38. The van der Waals surface area contributed by atoms with E-state index in [9.17, 15) is 24.3 Å². The molecule has 11 heteroatoms. The Balaban J connectivity index is 1.67. The molecular formula is C31H31N5O6. The summed E-state index contributed by atoms with van der Waals surface area (Å²) >= 11 is 0. The molecule has 3 aromatic carbocycles. The van der Waals surface area contributed by atoms with Gasteiger partial charge in [0.05, 0.1) is 18.2 Å². The number of aliphatic carboxylic acids is 1. The fraction of sp³-hybridized carbons (Fsp3) is 0.290. The number of amides is 2. The van der Waals surface area contributed by atoms with Gasteiger partial charge in [0.25, 0.3) is 17.6 Å². The molecule has 2 amide bonds. The average Bonchev–Trinajstić information content (AvgIpc) is 3.44. The molecule has 42 heavy (non-hydrogen) atoms. The van der Waals surface area contributed by atoms with Gasteiger partial charge in [-0.25, -0.2) is 0 Å². The largest absolute Gasteiger partial charge is 0.481 e. The fourth-order valence-electron chi connectivity index (χ4n) is 5.16. The number of hydrogen-bond donors (Lipinski definition) is 2. The molecule has 0 bridgehead atoms. The lowest BCUT2D eigenvalue weighted by Gasteiger charge is -2.33. The quantitative estimate of drug-likeness (QED) is 0.204. The number of oxime groups is 1. The number of nitrogens with zero attached hydrogens (tertiary/aromatic N) is 4. The van der Waals surface area contributed by atoms with Crippen molar-refractivity contribution >= 4 is 46.3 Å². The van der Waals surface area contributed by atoms with E-state index in [1.807, 2.05) is 50.2 Å². The van der Waals surface area contributed by atoms with E-state index in [2.05, 4.69) is 15.3 Å². The highest BCUT2D eigenvalue weighted by atomic mass is 16.7. The second-order valence-electron chi connectivity index (χ2n) is 10.4. The highest BCUT2D eigenvalue weighted by molar-refractivity contribution is 6.28. The molecule has 1 heterocycles. The van der Waals surface area contributed by atoms with Crippen molar-refractivity contribution in [3.63, 3.8) is 0 Å². The standard InChI is InChI=1S/C31H31N5O6/c1-19(2)28(34-29(40)23-15-9-11-20-10-7-8-14-22(20)23)24-17-31(42-35-24,21-12-5-4-6-13-21)30(41)36(3)25(16-27(38)39)26(37)18-33-32/h4-15,18-19,25,28H,16-17H2,1-3H3,(H,34,40)(H,38,39)/t25-,28-,31?/m0/s1. The zero-order chi connectivity index (χ0) is 30.4. The Morgan fingerprint density at radius 1 is 1.07 bits per heavy atom. The monoisotopic (exact) mass is 569 g/mol. The van der Waals surface area contributed by atoms with Gasteiger partial charge in [-0.1, -0.05) is 85.7 Å². The van der Waals surface area contributed by atoms with Crippen LogP contribution in [-0.2, 0) is 24.8 Å². The van der Waals surface area contributed by atoms with Crippen LogP contribution in [0, 0.1) is 5.92 Å². The van der Waals surface area contributed by atoms with Crippen LogP contribution in [0.5, 0.6) is 0 Å². The first-order valence-corrected chi connectivity index (χ1v) is 13.4. The van der Waals surface area contributed by atoms with E-state index in [1.54, 1.807) is 36.4 Å². The lowest BCUT2D eigenvalue weighted by molar-refractivity contribution is -0.160. The van der Waals surface area contributed by atoms with E-state index in [1.165, 1.54) is 7.05 Å². The number of nitrogens with one attached hydrogen (secondary N) is 1. The molecule has 2 N–H and O–H groups in total. The second-order valence-corrected chi connectivity index (χ2v) is 10.4. The number of rotatable bonds is 11. The number of Topliss-reactive ketones (excluding diaryl/α,β-unsaturated/α-hetero) is 1. The topological polar surface area (TPSA) is 162 Å². The van der Waals surface area contributed by atoms with E-state index in [0.717, 1.165) is 15.7 Å². The van der Waals surface area contributed by atoms with Crippen molar-refractivity contribution in [2.45, 2.75) is 44.4 Å². The summed E-state index contributed by atoms with van der Waals surface area (Å²) in [6.07, 6.45) is -0.232. The van der Waals surface area contributed by atoms with Gasteiger partial charge in [-0.15, -0.1) is 0 Å². The van der Waals surface area contributed by atoms with Crippen LogP contribution < -0.4 is 5.32 Å². The lowest BCUT2D eigenvalue weighted by Crippen LogP contribution is -2.53. The first-order chi connectivity index (χ1) is 20.1. The molecule has 0 aromatic heterocycles. The number of carboxylic acids is 1. The molecule has 1 aliphatic rings. The number of carbonyl (C=O) groups is 4. The Labute approximate surface area is 242 Å². The molecule has 3 aromatic rings. The van der Waals surface area contributed by atoms with Crippen LogP contribution in [0.3, 0.4) is 0 Å². The maximum absolute atomic E-state index is 14.1. The SMILES string of the molecule is CC(C)[C@H](NC(=O)c1cccc2ccccc12)C1=NOC(C(=O)N(C)[C@@H](CC(=O)O)C(=O)C=[N+]=[N-])(c2ccccc2)C1. The molecule has 0 fully saturated rings. The minimum atomic E-state index is -1.74. The number of likely N-dealkylation sites (N-methyl/N-ethyl adjacent to an activating group) is 1. The van der Waals surface area contributed by atoms with E-state index in [4.69, 9.17) is 10.4 Å². The van der Waals surface area contributed by atoms with Crippen molar-refractivity contribution in [1.29, 1.82) is 0 Å². The molecule has 1 unspecified atom stereocenters. The van der Waals surface area contributed by atoms with Crippen LogP contribution in [0.15, 0.2) is 78.0 Å². The Morgan fingerprint density at radius 2 is 1.74 bits per heavy atom. The minimum Gasteiger partial charge on any atom is -0.481 e. The van der Waals surface area contributed by atoms with Crippen molar-refractivity contribution < 1.29 is 33.9 Å². The number of hydrogen-bond acceptors (Lipinski definition) is 6. The van der Waals surface area contributed by atoms with Gasteiger partial charge in [-0.2, -0.15) is 4.79 Å². The van der Waals surface area contributed by atoms with Crippen molar-refractivity contribution in [2.75, 3.05) is 7.05 Å². The highest BCUT2D eigenvalue weighted by Crippen LogP contribution is 2.39. The molecule has 0 saturated carbocycles. The second kappa shape index (κ2) is 12.6. The van der Waals surface area contributed by atoms with Crippen molar-refractivity contribution in [1.82, 2.24) is 10.2 Å². The summed E-state index contributed by atoms with van der Waals surface area (Å²) in [5, 5.41) is 18.5. The molecule has 0 aliphatic carbocycles. The summed E-state index contributed by atoms with van der Waals surface area (Å²) in [4.78, 5) is 61.4. The molecule has 0 radical (unpaired) electrons. The van der Waals surface area contributed by atoms with Crippen LogP contribution in [0.4, 0.5) is 0 Å². The highest BCUT2D eigenvalue weighted by Gasteiger charge is 2.53. The van der Waals surface area contributed by atoms with Crippen LogP contribution >= 0.6 is 0 Å². The lowest BCUT2D eigenvalue weighted by atomic mass is 9.83. The van der Waals surface area contributed by atoms with Gasteiger partial charge >= 0.3 is 12.2 Å². The Hall–Kier alpha value is -5.15. The first kappa shape index (κ1) is 29.8. The fourth-order valence-corrected chi connectivity index (χ4v) is 5.16. The molecule has 0 saturated heterocycles. The zero-order valence-electron chi connectivity index (χ0n) is 23.4. The van der Waals surface area contributed by atoms with E-state index < -0.39 is 41.8 Å². The molecule has 11 nitrogen and oxygen atoms in total. The maximum Gasteiger partial charge on any atom is 0.325 e. The summed E-state index contributed by atoms with van der Waals surface area (Å²) < 4.78 is 0. The number of carbonyl (C=O) groups excluding carboxylic acids is 3. The Bertz CT molecular complexity index is 1590. The van der Waals surface area contributed by atoms with E-state index in [0.29, 0.717) is 23.1 Å². The third kappa shape index (κ3) is 5.96. The van der Waals surface area contributed by atoms with Gasteiger partial charge in [0.1, 0.15) is 6.04 Å². The van der Waals surface area contributed by atoms with Crippen LogP contribution in [0.1, 0.15) is 42.6 Å². The van der Waals surface area contributed by atoms with Gasteiger partial charge < -0.3 is 25.7 Å². The van der Waals surface area contributed by atoms with Crippen molar-refractivity contribution in [2.24, 2.45) is 11.1 Å². The molecule has 216 valence electrons. The van der Waals surface area contributed by atoms with Gasteiger partial charge in [0, 0.05) is 24.6 Å². The summed E-state index contributed by atoms with van der Waals surface area (Å²) in [6.45, 7) is 3.81. The van der Waals surface area contributed by atoms with Crippen LogP contribution in [0.2, 0.25) is 0 Å². The van der Waals surface area contributed by atoms with Crippen molar-refractivity contribution in [3.05, 3.63) is 89.5 Å². The zero-order valence-corrected chi connectivity index (χ0v) is 23.4. The predicted octanol–water partition coefficient (Wildman–Crippen LogP) is 3.44. The number of fused-ring (bicyclic) bond motifs is 1. The van der Waals surface area contributed by atoms with Crippen molar-refractivity contribution in [3.8, 4) is 0 Å². The van der Waals surface area contributed by atoms with Crippen LogP contribution in [-0.4, -0.2) is 69.4 Å². The van der Waals surface area contributed by atoms with Crippen LogP contribution in [0.25, 0.3) is 16.3 Å². The number of carboxylic acid groups (broad SMARTS) is 1. The predicted molar refractivity (Wildman–Crippen MR) is 155 cm³/mol. The third-order valence-electron chi connectivity index (χ3n) is 7.35. The molecule has 3 atom stereocenters. The average molecular weight is 570 g/mol. The number of benzene rings is 3. The summed E-state index contributed by atoms with van der Waals surface area (Å²) in [5.41, 5.74) is 8.45. The van der Waals surface area contributed by atoms with Gasteiger partial charge in [0.2, 0.25) is 5.60 Å². The summed E-state index contributed by atoms with van der Waals surface area (Å²) in [7, 11) is 1.29. The Kier molecular flexibility index (Phi) is 8.93. The molecule has 0 spiro atoms. The maximum atomic E-state index is 14.1. The van der Waals surface area contributed by atoms with Gasteiger partial charge in [-0.3, -0.25) is 19.2 Å². The molecule has 4 rings (SSSR count). The smallest absolute Gasteiger partial charge is 0.325 e. The molecular weight excluding hydrogens is 538 g/mol. The Morgan fingerprint density at radius 3 is 2.40 bits per heavy atom. The first-order valence-electron chi connectivity index (χ1n) is 13.4. The van der Waals surface area contributed by atoms with Gasteiger partial charge in [-0.05, 0) is 22.8 Å². The van der Waals surface area contributed by atoms with E-state index in [-0.39, 0.29) is 18.2 Å². The third-order valence-corrected chi connectivity index (χ3v) is 7.35. The normalized spacial score (nSPS) is 17.4.